The van der Waals surface area contributed by atoms with Crippen LogP contribution in [0.25, 0.3) is 44.2 Å². The third-order valence-corrected chi connectivity index (χ3v) is 14.3. The summed E-state index contributed by atoms with van der Waals surface area (Å²) in [5.41, 5.74) is 23.3. The lowest BCUT2D eigenvalue weighted by Crippen LogP contribution is -2.61. The van der Waals surface area contributed by atoms with Crippen molar-refractivity contribution in [2.75, 3.05) is 9.80 Å². The van der Waals surface area contributed by atoms with Crippen molar-refractivity contribution in [2.24, 2.45) is 0 Å². The lowest BCUT2D eigenvalue weighted by atomic mass is 9.33. The van der Waals surface area contributed by atoms with Crippen molar-refractivity contribution in [1.82, 2.24) is 0 Å². The van der Waals surface area contributed by atoms with Crippen LogP contribution >= 0.6 is 0 Å². The van der Waals surface area contributed by atoms with Crippen LogP contribution in [0.3, 0.4) is 0 Å². The van der Waals surface area contributed by atoms with Crippen LogP contribution in [0.1, 0.15) is 95.7 Å². The summed E-state index contributed by atoms with van der Waals surface area (Å²) in [6, 6.07) is 50.0. The van der Waals surface area contributed by atoms with E-state index in [2.05, 4.69) is 220 Å². The molecule has 0 atom stereocenters. The van der Waals surface area contributed by atoms with Gasteiger partial charge in [0.2, 0.25) is 5.88 Å². The predicted molar refractivity (Wildman–Crippen MR) is 281 cm³/mol. The molecule has 11 rings (SSSR count). The number of furan rings is 2. The van der Waals surface area contributed by atoms with Crippen LogP contribution in [0, 0.1) is 20.8 Å². The summed E-state index contributed by atoms with van der Waals surface area (Å²) in [5.74, 6) is 0.892. The molecule has 0 saturated heterocycles. The van der Waals surface area contributed by atoms with Crippen LogP contribution in [0.15, 0.2) is 149 Å². The van der Waals surface area contributed by atoms with E-state index in [1.807, 2.05) is 12.3 Å². The van der Waals surface area contributed by atoms with E-state index in [1.54, 1.807) is 0 Å². The molecule has 66 heavy (non-hydrogen) atoms. The zero-order chi connectivity index (χ0) is 46.2. The minimum absolute atomic E-state index is 0.00222. The Hall–Kier alpha value is -6.72. The molecule has 328 valence electrons. The second-order valence-corrected chi connectivity index (χ2v) is 22.1. The predicted octanol–water partition coefficient (Wildman–Crippen LogP) is 15.4. The number of benzene rings is 7. The van der Waals surface area contributed by atoms with E-state index < -0.39 is 0 Å². The Labute approximate surface area is 391 Å². The summed E-state index contributed by atoms with van der Waals surface area (Å²) in [6.07, 6.45) is 1.92. The first kappa shape index (κ1) is 42.0. The van der Waals surface area contributed by atoms with Gasteiger partial charge < -0.3 is 13.7 Å². The van der Waals surface area contributed by atoms with Gasteiger partial charge in [-0.2, -0.15) is 0 Å². The van der Waals surface area contributed by atoms with E-state index in [9.17, 15) is 0 Å². The molecule has 4 nitrogen and oxygen atoms in total. The van der Waals surface area contributed by atoms with Crippen LogP contribution in [0.2, 0.25) is 0 Å². The number of fused-ring (bicyclic) bond motifs is 7. The van der Waals surface area contributed by atoms with Crippen LogP contribution in [-0.4, -0.2) is 6.71 Å². The maximum absolute atomic E-state index is 7.30. The van der Waals surface area contributed by atoms with Crippen LogP contribution in [-0.2, 0) is 16.2 Å². The SMILES string of the molecule is Cc1cc2c3c(c1)N(c1c(C)cc(C(C)(C)C)cc1C)c1oc4ccc(C(C)(C)C)cc4c1B3c1ccc(-c3coc4ccccc34)cc1N2c1ccc(C(C)(C)C)cc1-c1ccccc1. The molecular formula is C61H59BN2O2. The number of para-hydroxylation sites is 1. The van der Waals surface area contributed by atoms with Crippen molar-refractivity contribution in [2.45, 2.75) is 99.3 Å². The van der Waals surface area contributed by atoms with Gasteiger partial charge in [0, 0.05) is 44.4 Å². The van der Waals surface area contributed by atoms with Crippen LogP contribution < -0.4 is 26.2 Å². The van der Waals surface area contributed by atoms with Gasteiger partial charge in [0.15, 0.2) is 0 Å². The first-order chi connectivity index (χ1) is 31.4. The molecule has 2 aromatic heterocycles. The molecule has 9 aromatic rings. The molecule has 4 heterocycles. The molecule has 7 aromatic carbocycles. The summed E-state index contributed by atoms with van der Waals surface area (Å²) in [6.45, 7) is 27.4. The Morgan fingerprint density at radius 2 is 1.09 bits per heavy atom. The van der Waals surface area contributed by atoms with E-state index in [1.165, 1.54) is 72.3 Å². The minimum atomic E-state index is -0.122. The highest BCUT2D eigenvalue weighted by atomic mass is 16.4. The fourth-order valence-electron chi connectivity index (χ4n) is 10.8. The molecule has 0 fully saturated rings. The average Bonchev–Trinajstić information content (AvgIpc) is 3.88. The minimum Gasteiger partial charge on any atom is -0.464 e. The summed E-state index contributed by atoms with van der Waals surface area (Å²) < 4.78 is 13.5. The largest absolute Gasteiger partial charge is 0.464 e. The Kier molecular flexibility index (Phi) is 9.31. The summed E-state index contributed by atoms with van der Waals surface area (Å²) >= 11 is 0. The van der Waals surface area contributed by atoms with Crippen molar-refractivity contribution < 1.29 is 8.83 Å². The normalized spacial score (nSPS) is 13.7. The molecule has 0 aliphatic carbocycles. The molecule has 0 amide bonds. The van der Waals surface area contributed by atoms with Crippen molar-refractivity contribution in [1.29, 1.82) is 0 Å². The number of hydrogen-bond donors (Lipinski definition) is 0. The zero-order valence-electron chi connectivity index (χ0n) is 40.6. The third kappa shape index (κ3) is 6.56. The highest BCUT2D eigenvalue weighted by Crippen LogP contribution is 2.51. The smallest absolute Gasteiger partial charge is 0.257 e. The number of hydrogen-bond acceptors (Lipinski definition) is 4. The van der Waals surface area contributed by atoms with Gasteiger partial charge in [-0.05, 0) is 141 Å². The van der Waals surface area contributed by atoms with Gasteiger partial charge in [-0.3, -0.25) is 4.90 Å². The molecule has 5 heteroatoms. The molecule has 2 aliphatic rings. The van der Waals surface area contributed by atoms with Gasteiger partial charge in [0.1, 0.15) is 11.2 Å². The van der Waals surface area contributed by atoms with Crippen molar-refractivity contribution >= 4 is 79.4 Å². The Morgan fingerprint density at radius 1 is 0.455 bits per heavy atom. The highest BCUT2D eigenvalue weighted by molar-refractivity contribution is 7.01. The molecule has 2 aliphatic heterocycles. The lowest BCUT2D eigenvalue weighted by molar-refractivity contribution is 0.588. The molecule has 0 saturated carbocycles. The maximum Gasteiger partial charge on any atom is 0.257 e. The first-order valence-electron chi connectivity index (χ1n) is 23.6. The summed E-state index contributed by atoms with van der Waals surface area (Å²) in [4.78, 5) is 5.05. The number of rotatable bonds is 4. The molecule has 0 unspecified atom stereocenters. The second-order valence-electron chi connectivity index (χ2n) is 22.1. The van der Waals surface area contributed by atoms with Crippen molar-refractivity contribution in [3.05, 3.63) is 173 Å². The number of aryl methyl sites for hydroxylation is 3. The quantitative estimate of drug-likeness (QED) is 0.165. The summed E-state index contributed by atoms with van der Waals surface area (Å²) in [5, 5.41) is 2.27. The van der Waals surface area contributed by atoms with Gasteiger partial charge in [0.25, 0.3) is 6.71 Å². The van der Waals surface area contributed by atoms with E-state index in [0.29, 0.717) is 0 Å². The average molecular weight is 863 g/mol. The zero-order valence-corrected chi connectivity index (χ0v) is 40.6. The first-order valence-corrected chi connectivity index (χ1v) is 23.6. The monoisotopic (exact) mass is 862 g/mol. The molecule has 0 radical (unpaired) electrons. The van der Waals surface area contributed by atoms with Gasteiger partial charge in [-0.25, -0.2) is 0 Å². The Balaban J connectivity index is 1.28. The topological polar surface area (TPSA) is 32.8 Å². The van der Waals surface area contributed by atoms with E-state index >= 15 is 0 Å². The van der Waals surface area contributed by atoms with Gasteiger partial charge >= 0.3 is 0 Å². The lowest BCUT2D eigenvalue weighted by Gasteiger charge is -2.44. The van der Waals surface area contributed by atoms with Gasteiger partial charge in [-0.15, -0.1) is 0 Å². The Morgan fingerprint density at radius 3 is 1.79 bits per heavy atom. The fraction of sp³-hybridized carbons (Fsp3) is 0.246. The van der Waals surface area contributed by atoms with E-state index in [4.69, 9.17) is 8.83 Å². The van der Waals surface area contributed by atoms with Crippen molar-refractivity contribution in [3.8, 4) is 22.3 Å². The van der Waals surface area contributed by atoms with Gasteiger partial charge in [-0.1, -0.05) is 147 Å². The third-order valence-electron chi connectivity index (χ3n) is 14.3. The molecular weight excluding hydrogens is 803 g/mol. The van der Waals surface area contributed by atoms with Crippen LogP contribution in [0.4, 0.5) is 34.3 Å². The Bertz CT molecular complexity index is 3400. The summed E-state index contributed by atoms with van der Waals surface area (Å²) in [7, 11) is 0. The molecule has 0 bridgehead atoms. The van der Waals surface area contributed by atoms with Crippen molar-refractivity contribution in [3.63, 3.8) is 0 Å². The van der Waals surface area contributed by atoms with E-state index in [0.717, 1.165) is 56.0 Å². The number of nitrogens with zero attached hydrogens (tertiary/aromatic N) is 2. The number of anilines is 6. The van der Waals surface area contributed by atoms with Crippen LogP contribution in [0.5, 0.6) is 0 Å². The standard InChI is InChI=1S/C61H59BN2O2/c1-36-28-51-56-52(29-36)64(57-37(2)30-43(31-38(57)3)61(10,11)12)58-55(46-34-42(60(7,8)9)24-27-54(46)66-58)62(56)48-25-22-40(47-35-65-53-21-17-16-20-44(47)53)32-50(48)63(51)49-26-23-41(59(4,5)6)33-45(49)39-18-14-13-15-19-39/h13-35H,1-12H3. The second kappa shape index (κ2) is 14.6. The fourth-order valence-corrected chi connectivity index (χ4v) is 10.8. The molecule has 0 spiro atoms. The maximum atomic E-state index is 7.30. The highest BCUT2D eigenvalue weighted by Gasteiger charge is 2.47. The van der Waals surface area contributed by atoms with Gasteiger partial charge in [0.05, 0.1) is 17.6 Å². The molecule has 0 N–H and O–H groups in total. The van der Waals surface area contributed by atoms with E-state index in [-0.39, 0.29) is 23.0 Å².